The summed E-state index contributed by atoms with van der Waals surface area (Å²) in [5.74, 6) is 2.05. The summed E-state index contributed by atoms with van der Waals surface area (Å²) in [6.45, 7) is 3.32. The Kier molecular flexibility index (Phi) is 5.27. The van der Waals surface area contributed by atoms with Crippen LogP contribution >= 0.6 is 0 Å². The molecule has 2 amide bonds. The SMILES string of the molecule is Cc1nc(NCCNC(=O)C2CCC(=O)NC2)cc(-n2cccc2)n1. The summed E-state index contributed by atoms with van der Waals surface area (Å²) in [4.78, 5) is 32.0. The molecule has 3 rings (SSSR count). The van der Waals surface area contributed by atoms with Crippen LogP contribution in [0.3, 0.4) is 0 Å². The highest BCUT2D eigenvalue weighted by atomic mass is 16.2. The van der Waals surface area contributed by atoms with E-state index in [1.807, 2.05) is 42.1 Å². The molecule has 0 aromatic carbocycles. The van der Waals surface area contributed by atoms with E-state index < -0.39 is 0 Å². The Hall–Kier alpha value is -2.90. The van der Waals surface area contributed by atoms with Gasteiger partial charge in [-0.15, -0.1) is 0 Å². The van der Waals surface area contributed by atoms with Crippen molar-refractivity contribution in [3.05, 3.63) is 36.4 Å². The first kappa shape index (κ1) is 16.9. The summed E-state index contributed by atoms with van der Waals surface area (Å²) < 4.78 is 1.92. The highest BCUT2D eigenvalue weighted by molar-refractivity contribution is 5.83. The number of anilines is 1. The number of carbonyl (C=O) groups excluding carboxylic acids is 2. The van der Waals surface area contributed by atoms with Crippen LogP contribution in [0.25, 0.3) is 5.82 Å². The number of aromatic nitrogens is 3. The molecule has 0 bridgehead atoms. The molecular weight excluding hydrogens is 320 g/mol. The van der Waals surface area contributed by atoms with E-state index in [1.165, 1.54) is 0 Å². The number of hydrogen-bond donors (Lipinski definition) is 3. The summed E-state index contributed by atoms with van der Waals surface area (Å²) in [5, 5.41) is 8.82. The van der Waals surface area contributed by atoms with Gasteiger partial charge in [-0.2, -0.15) is 0 Å². The van der Waals surface area contributed by atoms with Gasteiger partial charge in [0.05, 0.1) is 5.92 Å². The molecule has 3 N–H and O–H groups in total. The molecule has 3 heterocycles. The van der Waals surface area contributed by atoms with E-state index in [0.717, 1.165) is 11.6 Å². The first-order valence-corrected chi connectivity index (χ1v) is 8.39. The molecule has 2 aromatic rings. The number of aryl methyl sites for hydroxylation is 1. The molecule has 8 heteroatoms. The number of carbonyl (C=O) groups is 2. The summed E-state index contributed by atoms with van der Waals surface area (Å²) in [5.41, 5.74) is 0. The Balaban J connectivity index is 1.47. The summed E-state index contributed by atoms with van der Waals surface area (Å²) in [7, 11) is 0. The molecule has 0 spiro atoms. The molecule has 2 aromatic heterocycles. The number of piperidine rings is 1. The lowest BCUT2D eigenvalue weighted by molar-refractivity contribution is -0.128. The lowest BCUT2D eigenvalue weighted by Gasteiger charge is -2.21. The summed E-state index contributed by atoms with van der Waals surface area (Å²) in [6.07, 6.45) is 4.87. The summed E-state index contributed by atoms with van der Waals surface area (Å²) in [6, 6.07) is 5.74. The monoisotopic (exact) mass is 342 g/mol. The first-order chi connectivity index (χ1) is 12.1. The highest BCUT2D eigenvalue weighted by Crippen LogP contribution is 2.12. The Bertz CT molecular complexity index is 734. The van der Waals surface area contributed by atoms with E-state index in [9.17, 15) is 9.59 Å². The van der Waals surface area contributed by atoms with Crippen LogP contribution in [0.5, 0.6) is 0 Å². The lowest BCUT2D eigenvalue weighted by Crippen LogP contribution is -2.43. The molecule has 1 saturated heterocycles. The minimum absolute atomic E-state index is 0.0170. The van der Waals surface area contributed by atoms with E-state index in [2.05, 4.69) is 25.9 Å². The van der Waals surface area contributed by atoms with Crippen molar-refractivity contribution < 1.29 is 9.59 Å². The smallest absolute Gasteiger partial charge is 0.224 e. The van der Waals surface area contributed by atoms with Gasteiger partial charge in [0.1, 0.15) is 17.5 Å². The number of nitrogens with zero attached hydrogens (tertiary/aromatic N) is 3. The molecule has 0 saturated carbocycles. The zero-order valence-corrected chi connectivity index (χ0v) is 14.2. The van der Waals surface area contributed by atoms with Gasteiger partial charge in [-0.25, -0.2) is 9.97 Å². The lowest BCUT2D eigenvalue weighted by atomic mass is 9.98. The van der Waals surface area contributed by atoms with Gasteiger partial charge in [-0.05, 0) is 25.5 Å². The summed E-state index contributed by atoms with van der Waals surface area (Å²) >= 11 is 0. The van der Waals surface area contributed by atoms with E-state index in [1.54, 1.807) is 0 Å². The van der Waals surface area contributed by atoms with Crippen molar-refractivity contribution in [2.45, 2.75) is 19.8 Å². The third-order valence-electron chi connectivity index (χ3n) is 4.06. The Morgan fingerprint density at radius 2 is 2.12 bits per heavy atom. The van der Waals surface area contributed by atoms with Crippen LogP contribution in [-0.4, -0.2) is 46.0 Å². The van der Waals surface area contributed by atoms with Crippen molar-refractivity contribution in [2.75, 3.05) is 25.0 Å². The van der Waals surface area contributed by atoms with Gasteiger partial charge >= 0.3 is 0 Å². The molecule has 1 atom stereocenters. The van der Waals surface area contributed by atoms with Crippen molar-refractivity contribution in [3.63, 3.8) is 0 Å². The second-order valence-corrected chi connectivity index (χ2v) is 6.01. The molecule has 1 unspecified atom stereocenters. The van der Waals surface area contributed by atoms with E-state index in [0.29, 0.717) is 38.3 Å². The quantitative estimate of drug-likeness (QED) is 0.669. The first-order valence-electron chi connectivity index (χ1n) is 8.39. The third-order valence-corrected chi connectivity index (χ3v) is 4.06. The molecule has 0 aliphatic carbocycles. The average molecular weight is 342 g/mol. The van der Waals surface area contributed by atoms with Crippen molar-refractivity contribution in [3.8, 4) is 5.82 Å². The van der Waals surface area contributed by atoms with E-state index in [-0.39, 0.29) is 17.7 Å². The molecule has 132 valence electrons. The zero-order valence-electron chi connectivity index (χ0n) is 14.2. The predicted molar refractivity (Wildman–Crippen MR) is 93.3 cm³/mol. The van der Waals surface area contributed by atoms with Gasteiger partial charge in [0.2, 0.25) is 11.8 Å². The number of rotatable bonds is 6. The molecule has 25 heavy (non-hydrogen) atoms. The molecule has 8 nitrogen and oxygen atoms in total. The maximum atomic E-state index is 12.1. The normalized spacial score (nSPS) is 17.0. The molecule has 1 aliphatic heterocycles. The van der Waals surface area contributed by atoms with Gasteiger partial charge in [0.25, 0.3) is 0 Å². The number of hydrogen-bond acceptors (Lipinski definition) is 5. The molecule has 0 radical (unpaired) electrons. The fourth-order valence-electron chi connectivity index (χ4n) is 2.74. The Labute approximate surface area is 146 Å². The van der Waals surface area contributed by atoms with Crippen LogP contribution in [0, 0.1) is 12.8 Å². The van der Waals surface area contributed by atoms with E-state index in [4.69, 9.17) is 0 Å². The van der Waals surface area contributed by atoms with E-state index >= 15 is 0 Å². The largest absolute Gasteiger partial charge is 0.368 e. The maximum Gasteiger partial charge on any atom is 0.224 e. The topological polar surface area (TPSA) is 101 Å². The van der Waals surface area contributed by atoms with Crippen LogP contribution < -0.4 is 16.0 Å². The fraction of sp³-hybridized carbons (Fsp3) is 0.412. The van der Waals surface area contributed by atoms with Gasteiger partial charge in [-0.1, -0.05) is 0 Å². The van der Waals surface area contributed by atoms with Gasteiger partial charge in [0, 0.05) is 44.5 Å². The third kappa shape index (κ3) is 4.56. The minimum atomic E-state index is -0.140. The van der Waals surface area contributed by atoms with Crippen LogP contribution in [-0.2, 0) is 9.59 Å². The van der Waals surface area contributed by atoms with Crippen molar-refractivity contribution in [1.82, 2.24) is 25.2 Å². The van der Waals surface area contributed by atoms with Gasteiger partial charge < -0.3 is 20.5 Å². The second kappa shape index (κ2) is 7.78. The van der Waals surface area contributed by atoms with Gasteiger partial charge in [0.15, 0.2) is 0 Å². The minimum Gasteiger partial charge on any atom is -0.368 e. The predicted octanol–water partition coefficient (Wildman–Crippen LogP) is 0.630. The fourth-order valence-corrected chi connectivity index (χ4v) is 2.74. The standard InChI is InChI=1S/C17H22N6O2/c1-12-21-14(10-15(22-12)23-8-2-3-9-23)18-6-7-19-17(25)13-4-5-16(24)20-11-13/h2-3,8-10,13H,4-7,11H2,1H3,(H,19,25)(H,20,24)(H,18,21,22). The molecular formula is C17H22N6O2. The number of amides is 2. The molecule has 1 aliphatic rings. The second-order valence-electron chi connectivity index (χ2n) is 6.01. The van der Waals surface area contributed by atoms with Crippen molar-refractivity contribution in [2.24, 2.45) is 5.92 Å². The van der Waals surface area contributed by atoms with Crippen molar-refractivity contribution in [1.29, 1.82) is 0 Å². The highest BCUT2D eigenvalue weighted by Gasteiger charge is 2.23. The average Bonchev–Trinajstić information content (AvgIpc) is 3.13. The van der Waals surface area contributed by atoms with Crippen LogP contribution in [0.15, 0.2) is 30.6 Å². The van der Waals surface area contributed by atoms with Crippen LogP contribution in [0.1, 0.15) is 18.7 Å². The maximum absolute atomic E-state index is 12.1. The van der Waals surface area contributed by atoms with Crippen LogP contribution in [0.4, 0.5) is 5.82 Å². The van der Waals surface area contributed by atoms with Crippen molar-refractivity contribution >= 4 is 17.6 Å². The number of nitrogens with one attached hydrogen (secondary N) is 3. The van der Waals surface area contributed by atoms with Crippen LogP contribution in [0.2, 0.25) is 0 Å². The Morgan fingerprint density at radius 3 is 2.84 bits per heavy atom. The zero-order chi connectivity index (χ0) is 17.6. The van der Waals surface area contributed by atoms with Gasteiger partial charge in [-0.3, -0.25) is 9.59 Å². The molecule has 1 fully saturated rings. The Morgan fingerprint density at radius 1 is 1.32 bits per heavy atom.